The number of aryl methyl sites for hydroxylation is 1. The fourth-order valence-corrected chi connectivity index (χ4v) is 9.96. The molecule has 7 heteroatoms. The molecule has 31 heavy (non-hydrogen) atoms. The maximum Gasteiger partial charge on any atom is 0.308 e. The summed E-state index contributed by atoms with van der Waals surface area (Å²) in [6, 6.07) is 12.1. The van der Waals surface area contributed by atoms with Crippen LogP contribution in [0.3, 0.4) is 0 Å². The lowest BCUT2D eigenvalue weighted by molar-refractivity contribution is -0.116. The highest BCUT2D eigenvalue weighted by Gasteiger charge is 2.55. The van der Waals surface area contributed by atoms with E-state index in [1.807, 2.05) is 54.3 Å². The number of aromatic nitrogens is 1. The molecule has 1 N–H and O–H groups in total. The van der Waals surface area contributed by atoms with Crippen molar-refractivity contribution in [1.82, 2.24) is 4.57 Å². The first-order valence-corrected chi connectivity index (χ1v) is 13.5. The molecule has 1 amide bonds. The molecule has 5 atom stereocenters. The predicted molar refractivity (Wildman–Crippen MR) is 129 cm³/mol. The van der Waals surface area contributed by atoms with Gasteiger partial charge in [-0.2, -0.15) is 0 Å². The molecule has 3 aromatic rings. The van der Waals surface area contributed by atoms with E-state index in [0.717, 1.165) is 28.1 Å². The molecule has 1 aromatic carbocycles. The molecule has 0 spiro atoms. The van der Waals surface area contributed by atoms with Gasteiger partial charge < -0.3 is 5.32 Å². The SMILES string of the molecule is Cc1ccc(NC(=O)Cn2c3c(sc2=O)[C@H](c2cccs2)[C@H]2[C@H]4CC[C@@H](C4)[C@@H]2S3)cc1. The standard InChI is InChI=1S/C24H24N2O2S3/c1-13-4-8-16(9-5-13)25-18(27)12-26-23-22(31-24(26)28)20(17-3-2-10-29-17)19-14-6-7-15(11-14)21(19)30-23/h2-5,8-10,14-15,19-21H,6-7,11-12H2,1H3,(H,25,27)/t14-,15-,19+,20+,21-/m0/s1. The number of nitrogens with zero attached hydrogens (tertiary/aromatic N) is 1. The first kappa shape index (κ1) is 19.8. The molecule has 1 aliphatic heterocycles. The van der Waals surface area contributed by atoms with Crippen molar-refractivity contribution in [2.45, 2.75) is 48.9 Å². The van der Waals surface area contributed by atoms with Gasteiger partial charge in [-0.1, -0.05) is 35.1 Å². The Hall–Kier alpha value is -1.83. The molecule has 2 saturated carbocycles. The van der Waals surface area contributed by atoms with Gasteiger partial charge in [-0.05, 0) is 67.5 Å². The largest absolute Gasteiger partial charge is 0.325 e. The number of rotatable bonds is 4. The van der Waals surface area contributed by atoms with Gasteiger partial charge in [0.25, 0.3) is 0 Å². The average Bonchev–Trinajstić information content (AvgIpc) is 3.54. The molecule has 3 heterocycles. The third kappa shape index (κ3) is 3.33. The summed E-state index contributed by atoms with van der Waals surface area (Å²) in [6.07, 6.45) is 3.98. The summed E-state index contributed by atoms with van der Waals surface area (Å²) >= 11 is 5.06. The van der Waals surface area contributed by atoms with Gasteiger partial charge in [-0.15, -0.1) is 23.1 Å². The van der Waals surface area contributed by atoms with Crippen LogP contribution in [0.4, 0.5) is 5.69 Å². The number of nitrogens with one attached hydrogen (secondary N) is 1. The number of benzene rings is 1. The lowest BCUT2D eigenvalue weighted by atomic mass is 9.77. The van der Waals surface area contributed by atoms with E-state index in [-0.39, 0.29) is 17.3 Å². The number of thiazole rings is 1. The summed E-state index contributed by atoms with van der Waals surface area (Å²) in [5.74, 6) is 2.33. The Balaban J connectivity index is 1.34. The molecule has 0 saturated heterocycles. The van der Waals surface area contributed by atoms with Crippen LogP contribution in [0.25, 0.3) is 0 Å². The first-order valence-electron chi connectivity index (χ1n) is 10.9. The van der Waals surface area contributed by atoms with E-state index in [9.17, 15) is 9.59 Å². The van der Waals surface area contributed by atoms with E-state index in [4.69, 9.17) is 0 Å². The van der Waals surface area contributed by atoms with Crippen LogP contribution in [-0.2, 0) is 11.3 Å². The minimum atomic E-state index is -0.144. The monoisotopic (exact) mass is 468 g/mol. The first-order chi connectivity index (χ1) is 15.1. The number of anilines is 1. The maximum absolute atomic E-state index is 13.0. The van der Waals surface area contributed by atoms with Crippen molar-refractivity contribution in [3.8, 4) is 0 Å². The van der Waals surface area contributed by atoms with Gasteiger partial charge in [0, 0.05) is 26.6 Å². The maximum atomic E-state index is 13.0. The van der Waals surface area contributed by atoms with Crippen molar-refractivity contribution in [1.29, 1.82) is 0 Å². The highest BCUT2D eigenvalue weighted by molar-refractivity contribution is 8.00. The van der Waals surface area contributed by atoms with Crippen LogP contribution >= 0.6 is 34.4 Å². The molecule has 2 fully saturated rings. The van der Waals surface area contributed by atoms with E-state index < -0.39 is 0 Å². The predicted octanol–water partition coefficient (Wildman–Crippen LogP) is 5.57. The second-order valence-corrected chi connectivity index (χ2v) is 12.2. The molecule has 160 valence electrons. The summed E-state index contributed by atoms with van der Waals surface area (Å²) in [6.45, 7) is 2.10. The topological polar surface area (TPSA) is 51.1 Å². The second-order valence-electron chi connectivity index (χ2n) is 9.02. The molecule has 4 nitrogen and oxygen atoms in total. The second kappa shape index (κ2) is 7.64. The number of thiophene rings is 1. The molecule has 2 aliphatic carbocycles. The van der Waals surface area contributed by atoms with Crippen molar-refractivity contribution in [3.63, 3.8) is 0 Å². The average molecular weight is 469 g/mol. The fourth-order valence-electron chi connectivity index (χ4n) is 5.85. The van der Waals surface area contributed by atoms with Crippen LogP contribution < -0.4 is 10.2 Å². The lowest BCUT2D eigenvalue weighted by Crippen LogP contribution is -2.34. The quantitative estimate of drug-likeness (QED) is 0.545. The molecular weight excluding hydrogens is 444 g/mol. The highest BCUT2D eigenvalue weighted by atomic mass is 32.2. The lowest BCUT2D eigenvalue weighted by Gasteiger charge is -2.40. The zero-order valence-corrected chi connectivity index (χ0v) is 19.7. The highest BCUT2D eigenvalue weighted by Crippen LogP contribution is 2.64. The minimum Gasteiger partial charge on any atom is -0.325 e. The van der Waals surface area contributed by atoms with Gasteiger partial charge in [0.2, 0.25) is 5.91 Å². The molecule has 0 radical (unpaired) electrons. The molecule has 2 bridgehead atoms. The van der Waals surface area contributed by atoms with Gasteiger partial charge in [-0.3, -0.25) is 14.2 Å². The van der Waals surface area contributed by atoms with Crippen LogP contribution in [0.2, 0.25) is 0 Å². The van der Waals surface area contributed by atoms with Crippen molar-refractivity contribution in [3.05, 3.63) is 66.8 Å². The number of hydrogen-bond donors (Lipinski definition) is 1. The van der Waals surface area contributed by atoms with Crippen molar-refractivity contribution < 1.29 is 4.79 Å². The number of thioether (sulfide) groups is 1. The Labute approximate surface area is 193 Å². The summed E-state index contributed by atoms with van der Waals surface area (Å²) in [4.78, 5) is 28.4. The third-order valence-electron chi connectivity index (χ3n) is 7.18. The van der Waals surface area contributed by atoms with Crippen LogP contribution in [0.5, 0.6) is 0 Å². The van der Waals surface area contributed by atoms with Crippen LogP contribution in [0.1, 0.15) is 40.5 Å². The van der Waals surface area contributed by atoms with Crippen molar-refractivity contribution in [2.24, 2.45) is 17.8 Å². The summed E-state index contributed by atoms with van der Waals surface area (Å²) < 4.78 is 1.73. The normalized spacial score (nSPS) is 28.4. The van der Waals surface area contributed by atoms with Gasteiger partial charge in [0.1, 0.15) is 6.54 Å². The fraction of sp³-hybridized carbons (Fsp3) is 0.417. The number of amides is 1. The van der Waals surface area contributed by atoms with E-state index in [2.05, 4.69) is 22.8 Å². The van der Waals surface area contributed by atoms with Gasteiger partial charge in [0.15, 0.2) is 0 Å². The van der Waals surface area contributed by atoms with Crippen LogP contribution in [0.15, 0.2) is 51.6 Å². The Morgan fingerprint density at radius 3 is 2.74 bits per heavy atom. The Morgan fingerprint density at radius 1 is 1.16 bits per heavy atom. The molecule has 0 unspecified atom stereocenters. The Morgan fingerprint density at radius 2 is 1.97 bits per heavy atom. The number of fused-ring (bicyclic) bond motifs is 6. The van der Waals surface area contributed by atoms with E-state index >= 15 is 0 Å². The van der Waals surface area contributed by atoms with Crippen molar-refractivity contribution in [2.75, 3.05) is 5.32 Å². The van der Waals surface area contributed by atoms with Gasteiger partial charge in [0.05, 0.1) is 5.03 Å². The summed E-state index contributed by atoms with van der Waals surface area (Å²) in [7, 11) is 0. The van der Waals surface area contributed by atoms with Crippen LogP contribution in [0, 0.1) is 24.7 Å². The number of carbonyl (C=O) groups excluding carboxylic acids is 1. The summed E-state index contributed by atoms with van der Waals surface area (Å²) in [5.41, 5.74) is 1.92. The van der Waals surface area contributed by atoms with Crippen molar-refractivity contribution >= 4 is 46.0 Å². The number of carbonyl (C=O) groups is 1. The van der Waals surface area contributed by atoms with Crippen LogP contribution in [-0.4, -0.2) is 15.7 Å². The Kier molecular flexibility index (Phi) is 4.89. The zero-order chi connectivity index (χ0) is 21.1. The minimum absolute atomic E-state index is 0.00886. The number of hydrogen-bond acceptors (Lipinski definition) is 5. The van der Waals surface area contributed by atoms with E-state index in [1.165, 1.54) is 40.4 Å². The molecule has 2 aromatic heterocycles. The third-order valence-corrected chi connectivity index (χ3v) is 11.0. The van der Waals surface area contributed by atoms with E-state index in [1.54, 1.807) is 4.57 Å². The summed E-state index contributed by atoms with van der Waals surface area (Å²) in [5, 5.41) is 6.71. The molecule has 3 aliphatic rings. The molecular formula is C24H24N2O2S3. The van der Waals surface area contributed by atoms with E-state index in [0.29, 0.717) is 17.1 Å². The zero-order valence-electron chi connectivity index (χ0n) is 17.2. The van der Waals surface area contributed by atoms with Gasteiger partial charge >= 0.3 is 4.87 Å². The smallest absolute Gasteiger partial charge is 0.308 e. The van der Waals surface area contributed by atoms with Gasteiger partial charge in [-0.25, -0.2) is 0 Å². The Bertz CT molecular complexity index is 1180. The molecule has 6 rings (SSSR count).